The number of methoxy groups -OCH3 is 1. The molecule has 0 saturated carbocycles. The van der Waals surface area contributed by atoms with E-state index in [1.807, 2.05) is 18.2 Å². The Hall–Kier alpha value is -2.77. The van der Waals surface area contributed by atoms with Crippen molar-refractivity contribution in [2.75, 3.05) is 7.11 Å². The highest BCUT2D eigenvalue weighted by atomic mass is 35.5. The summed E-state index contributed by atoms with van der Waals surface area (Å²) in [5, 5.41) is 10.00. The molecule has 5 heteroatoms. The molecule has 0 bridgehead atoms. The summed E-state index contributed by atoms with van der Waals surface area (Å²) in [6, 6.07) is 14.7. The summed E-state index contributed by atoms with van der Waals surface area (Å²) < 4.78 is 11.2. The lowest BCUT2D eigenvalue weighted by molar-refractivity contribution is -0.121. The number of nitrogens with zero attached hydrogens (tertiary/aromatic N) is 1. The van der Waals surface area contributed by atoms with E-state index in [0.717, 1.165) is 5.56 Å². The monoisotopic (exact) mass is 383 g/mol. The van der Waals surface area contributed by atoms with Crippen LogP contribution >= 0.6 is 11.6 Å². The van der Waals surface area contributed by atoms with Crippen molar-refractivity contribution in [3.8, 4) is 17.6 Å². The number of benzene rings is 2. The fraction of sp³-hybridized carbons (Fsp3) is 0.273. The summed E-state index contributed by atoms with van der Waals surface area (Å²) >= 11 is 5.88. The molecule has 0 heterocycles. The van der Waals surface area contributed by atoms with Gasteiger partial charge in [0.05, 0.1) is 12.7 Å². The second-order valence-electron chi connectivity index (χ2n) is 7.07. The minimum absolute atomic E-state index is 0.111. The molecule has 2 aromatic rings. The zero-order valence-electron chi connectivity index (χ0n) is 15.9. The summed E-state index contributed by atoms with van der Waals surface area (Å²) in [4.78, 5) is 12.3. The molecule has 0 spiro atoms. The first-order chi connectivity index (χ1) is 12.7. The molecule has 0 radical (unpaired) electrons. The molecule has 4 nitrogen and oxygen atoms in total. The van der Waals surface area contributed by atoms with Crippen molar-refractivity contribution >= 4 is 23.5 Å². The van der Waals surface area contributed by atoms with Gasteiger partial charge in [-0.25, -0.2) is 0 Å². The van der Waals surface area contributed by atoms with E-state index >= 15 is 0 Å². The van der Waals surface area contributed by atoms with E-state index in [9.17, 15) is 10.1 Å². The van der Waals surface area contributed by atoms with Gasteiger partial charge in [0.15, 0.2) is 17.3 Å². The minimum atomic E-state index is -0.618. The van der Waals surface area contributed by atoms with Gasteiger partial charge in [0.25, 0.3) is 0 Å². The second-order valence-corrected chi connectivity index (χ2v) is 7.51. The third-order valence-electron chi connectivity index (χ3n) is 3.85. The molecule has 2 rings (SSSR count). The summed E-state index contributed by atoms with van der Waals surface area (Å²) in [5.41, 5.74) is 1.17. The first kappa shape index (κ1) is 20.5. The lowest BCUT2D eigenvalue weighted by atomic mass is 9.86. The van der Waals surface area contributed by atoms with Crippen molar-refractivity contribution < 1.29 is 14.3 Å². The van der Waals surface area contributed by atoms with E-state index in [4.69, 9.17) is 21.1 Å². The van der Waals surface area contributed by atoms with Crippen LogP contribution < -0.4 is 9.47 Å². The number of hydrogen-bond donors (Lipinski definition) is 0. The smallest absolute Gasteiger partial charge is 0.178 e. The van der Waals surface area contributed by atoms with Gasteiger partial charge in [-0.1, -0.05) is 50.6 Å². The predicted molar refractivity (Wildman–Crippen MR) is 107 cm³/mol. The van der Waals surface area contributed by atoms with Crippen LogP contribution in [0.25, 0.3) is 6.08 Å². The zero-order chi connectivity index (χ0) is 20.0. The molecular weight excluding hydrogens is 362 g/mol. The second kappa shape index (κ2) is 8.75. The van der Waals surface area contributed by atoms with E-state index in [2.05, 4.69) is 0 Å². The highest BCUT2D eigenvalue weighted by Crippen LogP contribution is 2.30. The van der Waals surface area contributed by atoms with Gasteiger partial charge in [0, 0.05) is 10.4 Å². The zero-order valence-corrected chi connectivity index (χ0v) is 16.6. The Morgan fingerprint density at radius 3 is 2.37 bits per heavy atom. The lowest BCUT2D eigenvalue weighted by Crippen LogP contribution is -2.21. The largest absolute Gasteiger partial charge is 0.493 e. The van der Waals surface area contributed by atoms with Crippen LogP contribution in [0.2, 0.25) is 5.02 Å². The first-order valence-corrected chi connectivity index (χ1v) is 8.84. The van der Waals surface area contributed by atoms with Crippen LogP contribution in [0.3, 0.4) is 0 Å². The molecule has 0 aliphatic rings. The summed E-state index contributed by atoms with van der Waals surface area (Å²) in [5.74, 6) is 0.899. The number of carbonyl (C=O) groups excluding carboxylic acids is 1. The molecule has 0 N–H and O–H groups in total. The van der Waals surface area contributed by atoms with E-state index in [1.165, 1.54) is 0 Å². The molecule has 0 aromatic heterocycles. The Bertz CT molecular complexity index is 887. The Balaban J connectivity index is 2.22. The van der Waals surface area contributed by atoms with Gasteiger partial charge in [-0.2, -0.15) is 5.26 Å². The van der Waals surface area contributed by atoms with Crippen molar-refractivity contribution in [2.45, 2.75) is 27.4 Å². The molecule has 0 saturated heterocycles. The number of ketones is 1. The van der Waals surface area contributed by atoms with Gasteiger partial charge in [-0.3, -0.25) is 4.79 Å². The van der Waals surface area contributed by atoms with Gasteiger partial charge >= 0.3 is 0 Å². The SMILES string of the molecule is COc1cc(/C=C(/C#N)C(=O)C(C)(C)C)ccc1OCc1ccc(Cl)cc1. The van der Waals surface area contributed by atoms with Crippen molar-refractivity contribution in [1.82, 2.24) is 0 Å². The Kier molecular flexibility index (Phi) is 6.65. The highest BCUT2D eigenvalue weighted by molar-refractivity contribution is 6.30. The normalized spacial score (nSPS) is 11.6. The summed E-state index contributed by atoms with van der Waals surface area (Å²) in [6.07, 6.45) is 1.57. The number of nitriles is 1. The predicted octanol–water partition coefficient (Wildman–Crippen LogP) is 5.45. The maximum atomic E-state index is 12.3. The maximum Gasteiger partial charge on any atom is 0.178 e. The van der Waals surface area contributed by atoms with Crippen LogP contribution in [-0.2, 0) is 11.4 Å². The highest BCUT2D eigenvalue weighted by Gasteiger charge is 2.25. The van der Waals surface area contributed by atoms with Gasteiger partial charge in [-0.15, -0.1) is 0 Å². The molecule has 0 unspecified atom stereocenters. The molecular formula is C22H22ClNO3. The molecule has 140 valence electrons. The maximum absolute atomic E-state index is 12.3. The van der Waals surface area contributed by atoms with Crippen molar-refractivity contribution in [3.05, 3.63) is 64.2 Å². The van der Waals surface area contributed by atoms with Gasteiger partial charge < -0.3 is 9.47 Å². The minimum Gasteiger partial charge on any atom is -0.493 e. The average Bonchev–Trinajstić information content (AvgIpc) is 2.64. The van der Waals surface area contributed by atoms with Crippen LogP contribution in [0.1, 0.15) is 31.9 Å². The van der Waals surface area contributed by atoms with Crippen LogP contribution in [0, 0.1) is 16.7 Å². The van der Waals surface area contributed by atoms with E-state index in [-0.39, 0.29) is 11.4 Å². The van der Waals surface area contributed by atoms with E-state index in [1.54, 1.807) is 64.3 Å². The van der Waals surface area contributed by atoms with Gasteiger partial charge in [0.2, 0.25) is 0 Å². The lowest BCUT2D eigenvalue weighted by Gasteiger charge is -2.15. The Morgan fingerprint density at radius 1 is 1.15 bits per heavy atom. The van der Waals surface area contributed by atoms with Crippen LogP contribution in [0.4, 0.5) is 0 Å². The number of hydrogen-bond acceptors (Lipinski definition) is 4. The Labute approximate surface area is 165 Å². The average molecular weight is 384 g/mol. The third-order valence-corrected chi connectivity index (χ3v) is 4.10. The fourth-order valence-corrected chi connectivity index (χ4v) is 2.48. The number of allylic oxidation sites excluding steroid dienone is 1. The van der Waals surface area contributed by atoms with Crippen molar-refractivity contribution in [2.24, 2.45) is 5.41 Å². The first-order valence-electron chi connectivity index (χ1n) is 8.46. The molecule has 0 aliphatic heterocycles. The topological polar surface area (TPSA) is 59.3 Å². The van der Waals surface area contributed by atoms with Crippen LogP contribution in [-0.4, -0.2) is 12.9 Å². The van der Waals surface area contributed by atoms with Crippen LogP contribution in [0.15, 0.2) is 48.0 Å². The van der Waals surface area contributed by atoms with Crippen molar-refractivity contribution in [1.29, 1.82) is 5.26 Å². The summed E-state index contributed by atoms with van der Waals surface area (Å²) in [7, 11) is 1.55. The standard InChI is InChI=1S/C22H22ClNO3/c1-22(2,3)21(25)17(13-24)11-16-7-10-19(20(12-16)26-4)27-14-15-5-8-18(23)9-6-15/h5-12H,14H2,1-4H3/b17-11-. The number of Topliss-reactive ketones (excluding diaryl/α,β-unsaturated/α-hetero) is 1. The van der Waals surface area contributed by atoms with Crippen LogP contribution in [0.5, 0.6) is 11.5 Å². The molecule has 27 heavy (non-hydrogen) atoms. The molecule has 2 aromatic carbocycles. The quantitative estimate of drug-likeness (QED) is 0.491. The van der Waals surface area contributed by atoms with Gasteiger partial charge in [0.1, 0.15) is 12.7 Å². The number of carbonyl (C=O) groups is 1. The van der Waals surface area contributed by atoms with E-state index in [0.29, 0.717) is 28.7 Å². The molecule has 0 amide bonds. The molecule has 0 aliphatic carbocycles. The van der Waals surface area contributed by atoms with E-state index < -0.39 is 5.41 Å². The van der Waals surface area contributed by atoms with Crippen molar-refractivity contribution in [3.63, 3.8) is 0 Å². The number of halogens is 1. The van der Waals surface area contributed by atoms with Gasteiger partial charge in [-0.05, 0) is 41.5 Å². The number of ether oxygens (including phenoxy) is 2. The molecule has 0 fully saturated rings. The summed E-state index contributed by atoms with van der Waals surface area (Å²) in [6.45, 7) is 5.73. The fourth-order valence-electron chi connectivity index (χ4n) is 2.35. The molecule has 0 atom stereocenters. The third kappa shape index (κ3) is 5.60. The number of rotatable bonds is 6. The Morgan fingerprint density at radius 2 is 1.81 bits per heavy atom.